The van der Waals surface area contributed by atoms with E-state index >= 15 is 0 Å². The average molecular weight is 280 g/mol. The summed E-state index contributed by atoms with van der Waals surface area (Å²) in [7, 11) is 0. The third-order valence-corrected chi connectivity index (χ3v) is 2.20. The van der Waals surface area contributed by atoms with Crippen LogP contribution in [-0.2, 0) is 11.3 Å². The van der Waals surface area contributed by atoms with Crippen molar-refractivity contribution in [2.45, 2.75) is 46.8 Å². The number of carbonyl (C=O) groups is 1. The molecule has 20 heavy (non-hydrogen) atoms. The van der Waals surface area contributed by atoms with Crippen LogP contribution in [0.5, 0.6) is 0 Å². The van der Waals surface area contributed by atoms with E-state index in [4.69, 9.17) is 4.74 Å². The minimum atomic E-state index is -0.623. The van der Waals surface area contributed by atoms with Gasteiger partial charge in [-0.2, -0.15) is 10.1 Å². The van der Waals surface area contributed by atoms with Gasteiger partial charge < -0.3 is 4.74 Å². The fraction of sp³-hybridized carbons (Fsp3) is 0.467. The van der Waals surface area contributed by atoms with Gasteiger partial charge in [0, 0.05) is 11.3 Å². The van der Waals surface area contributed by atoms with Gasteiger partial charge >= 0.3 is 6.09 Å². The Hall–Kier alpha value is -1.91. The maximum atomic E-state index is 13.7. The van der Waals surface area contributed by atoms with Gasteiger partial charge in [0.05, 0.1) is 6.54 Å². The molecule has 0 unspecified atom stereocenters. The lowest BCUT2D eigenvalue weighted by Gasteiger charge is -2.24. The average Bonchev–Trinajstić information content (AvgIpc) is 2.28. The number of ether oxygens (including phenoxy) is 1. The van der Waals surface area contributed by atoms with Crippen molar-refractivity contribution in [2.75, 3.05) is 0 Å². The van der Waals surface area contributed by atoms with Gasteiger partial charge in [-0.15, -0.1) is 0 Å². The molecule has 0 spiro atoms. The highest BCUT2D eigenvalue weighted by Crippen LogP contribution is 2.15. The Labute approximate surface area is 119 Å². The van der Waals surface area contributed by atoms with E-state index in [0.717, 1.165) is 5.01 Å². The smallest absolute Gasteiger partial charge is 0.431 e. The summed E-state index contributed by atoms with van der Waals surface area (Å²) >= 11 is 0. The number of hydrazone groups is 1. The monoisotopic (exact) mass is 280 g/mol. The van der Waals surface area contributed by atoms with E-state index < -0.39 is 11.7 Å². The Morgan fingerprint density at radius 2 is 1.90 bits per heavy atom. The van der Waals surface area contributed by atoms with E-state index in [-0.39, 0.29) is 12.4 Å². The van der Waals surface area contributed by atoms with E-state index in [2.05, 4.69) is 5.10 Å². The molecule has 0 atom stereocenters. The van der Waals surface area contributed by atoms with Crippen LogP contribution < -0.4 is 0 Å². The van der Waals surface area contributed by atoms with E-state index in [1.54, 1.807) is 52.8 Å². The van der Waals surface area contributed by atoms with Crippen molar-refractivity contribution in [2.24, 2.45) is 5.10 Å². The molecule has 0 aliphatic carbocycles. The van der Waals surface area contributed by atoms with E-state index in [0.29, 0.717) is 11.3 Å². The number of benzene rings is 1. The van der Waals surface area contributed by atoms with E-state index in [1.807, 2.05) is 0 Å². The second-order valence-corrected chi connectivity index (χ2v) is 5.68. The summed E-state index contributed by atoms with van der Waals surface area (Å²) in [5, 5.41) is 5.24. The molecular formula is C15H21FN2O2. The van der Waals surface area contributed by atoms with Crippen LogP contribution >= 0.6 is 0 Å². The first-order chi connectivity index (χ1) is 9.19. The molecule has 0 bridgehead atoms. The summed E-state index contributed by atoms with van der Waals surface area (Å²) in [6.45, 7) is 8.88. The highest BCUT2D eigenvalue weighted by atomic mass is 19.1. The molecule has 0 fully saturated rings. The first-order valence-electron chi connectivity index (χ1n) is 6.45. The maximum Gasteiger partial charge on any atom is 0.431 e. The molecule has 0 heterocycles. The van der Waals surface area contributed by atoms with Gasteiger partial charge in [-0.3, -0.25) is 0 Å². The van der Waals surface area contributed by atoms with Crippen molar-refractivity contribution in [3.05, 3.63) is 35.6 Å². The van der Waals surface area contributed by atoms with Crippen molar-refractivity contribution in [3.63, 3.8) is 0 Å². The molecule has 0 aliphatic heterocycles. The maximum absolute atomic E-state index is 13.7. The third kappa shape index (κ3) is 5.38. The minimum Gasteiger partial charge on any atom is -0.442 e. The predicted octanol–water partition coefficient (Wildman–Crippen LogP) is 3.96. The zero-order valence-corrected chi connectivity index (χ0v) is 12.6. The van der Waals surface area contributed by atoms with Crippen molar-refractivity contribution >= 4 is 11.8 Å². The summed E-state index contributed by atoms with van der Waals surface area (Å²) in [5.74, 6) is -0.370. The Morgan fingerprint density at radius 1 is 1.30 bits per heavy atom. The highest BCUT2D eigenvalue weighted by molar-refractivity contribution is 5.80. The summed E-state index contributed by atoms with van der Waals surface area (Å²) in [4.78, 5) is 12.1. The van der Waals surface area contributed by atoms with E-state index in [9.17, 15) is 9.18 Å². The first kappa shape index (κ1) is 16.1. The van der Waals surface area contributed by atoms with Crippen molar-refractivity contribution in [1.29, 1.82) is 0 Å². The Balaban J connectivity index is 2.94. The van der Waals surface area contributed by atoms with Crippen LogP contribution in [0.3, 0.4) is 0 Å². The van der Waals surface area contributed by atoms with Gasteiger partial charge in [0.1, 0.15) is 11.4 Å². The van der Waals surface area contributed by atoms with Crippen LogP contribution in [0.25, 0.3) is 0 Å². The van der Waals surface area contributed by atoms with Gasteiger partial charge in [0.2, 0.25) is 0 Å². The van der Waals surface area contributed by atoms with Crippen LogP contribution in [-0.4, -0.2) is 22.4 Å². The Kier molecular flexibility index (Phi) is 5.25. The predicted molar refractivity (Wildman–Crippen MR) is 77.0 cm³/mol. The van der Waals surface area contributed by atoms with Crippen LogP contribution in [0.15, 0.2) is 29.4 Å². The standard InChI is InChI=1S/C15H21FN2O2/c1-11(2)17-18(14(19)20-15(3,4)5)10-12-8-6-7-9-13(12)16/h6-9H,10H2,1-5H3. The number of hydrogen-bond donors (Lipinski definition) is 0. The van der Waals surface area contributed by atoms with Crippen molar-refractivity contribution in [1.82, 2.24) is 5.01 Å². The van der Waals surface area contributed by atoms with Gasteiger partial charge in [-0.05, 0) is 40.7 Å². The van der Waals surface area contributed by atoms with E-state index in [1.165, 1.54) is 6.07 Å². The normalized spacial score (nSPS) is 10.9. The van der Waals surface area contributed by atoms with Gasteiger partial charge in [-0.25, -0.2) is 9.18 Å². The molecule has 0 aliphatic rings. The Bertz CT molecular complexity index is 503. The Morgan fingerprint density at radius 3 is 2.40 bits per heavy atom. The molecule has 1 aromatic rings. The molecule has 4 nitrogen and oxygen atoms in total. The number of amides is 1. The molecule has 1 amide bonds. The number of hydrogen-bond acceptors (Lipinski definition) is 3. The quantitative estimate of drug-likeness (QED) is 0.621. The van der Waals surface area contributed by atoms with Gasteiger partial charge in [0.15, 0.2) is 0 Å². The molecule has 0 radical (unpaired) electrons. The highest BCUT2D eigenvalue weighted by Gasteiger charge is 2.22. The van der Waals surface area contributed by atoms with Crippen molar-refractivity contribution < 1.29 is 13.9 Å². The van der Waals surface area contributed by atoms with Crippen LogP contribution in [0.1, 0.15) is 40.2 Å². The largest absolute Gasteiger partial charge is 0.442 e. The zero-order valence-electron chi connectivity index (χ0n) is 12.6. The second kappa shape index (κ2) is 6.50. The van der Waals surface area contributed by atoms with Crippen LogP contribution in [0, 0.1) is 5.82 Å². The lowest BCUT2D eigenvalue weighted by atomic mass is 10.2. The molecule has 0 saturated carbocycles. The summed E-state index contributed by atoms with van der Waals surface area (Å²) < 4.78 is 18.9. The molecule has 1 aromatic carbocycles. The molecule has 0 aromatic heterocycles. The molecule has 5 heteroatoms. The molecular weight excluding hydrogens is 259 g/mol. The lowest BCUT2D eigenvalue weighted by Crippen LogP contribution is -2.34. The fourth-order valence-corrected chi connectivity index (χ4v) is 1.48. The molecule has 1 rings (SSSR count). The number of rotatable bonds is 3. The second-order valence-electron chi connectivity index (χ2n) is 5.68. The number of carbonyl (C=O) groups excluding carboxylic acids is 1. The van der Waals surface area contributed by atoms with Crippen molar-refractivity contribution in [3.8, 4) is 0 Å². The zero-order chi connectivity index (χ0) is 15.3. The molecule has 0 N–H and O–H groups in total. The summed E-state index contributed by atoms with van der Waals surface area (Å²) in [6, 6.07) is 6.29. The fourth-order valence-electron chi connectivity index (χ4n) is 1.48. The molecule has 0 saturated heterocycles. The SMILES string of the molecule is CC(C)=NN(Cc1ccccc1F)C(=O)OC(C)(C)C. The number of halogens is 1. The first-order valence-corrected chi connectivity index (χ1v) is 6.45. The lowest BCUT2D eigenvalue weighted by molar-refractivity contribution is 0.0236. The molecule has 110 valence electrons. The topological polar surface area (TPSA) is 41.9 Å². The summed E-state index contributed by atoms with van der Waals surface area (Å²) in [5.41, 5.74) is 0.456. The number of nitrogens with zero attached hydrogens (tertiary/aromatic N) is 2. The van der Waals surface area contributed by atoms with Crippen LogP contribution in [0.4, 0.5) is 9.18 Å². The van der Waals surface area contributed by atoms with Gasteiger partial charge in [-0.1, -0.05) is 18.2 Å². The third-order valence-electron chi connectivity index (χ3n) is 2.20. The van der Waals surface area contributed by atoms with Gasteiger partial charge in [0.25, 0.3) is 0 Å². The van der Waals surface area contributed by atoms with Crippen LogP contribution in [0.2, 0.25) is 0 Å². The summed E-state index contributed by atoms with van der Waals surface area (Å²) in [6.07, 6.45) is -0.595. The minimum absolute atomic E-state index is 0.0345.